The van der Waals surface area contributed by atoms with E-state index in [2.05, 4.69) is 19.9 Å². The molecule has 0 aliphatic rings. The highest BCUT2D eigenvalue weighted by molar-refractivity contribution is 6.02. The van der Waals surface area contributed by atoms with Gasteiger partial charge in [0.25, 0.3) is 5.56 Å². The van der Waals surface area contributed by atoms with Gasteiger partial charge in [-0.25, -0.2) is 15.0 Å². The lowest BCUT2D eigenvalue weighted by Gasteiger charge is -2.14. The van der Waals surface area contributed by atoms with Crippen molar-refractivity contribution >= 4 is 21.9 Å². The van der Waals surface area contributed by atoms with Crippen LogP contribution >= 0.6 is 0 Å². The maximum atomic E-state index is 13.3. The van der Waals surface area contributed by atoms with Crippen molar-refractivity contribution in [2.45, 2.75) is 6.18 Å². The first-order valence-electron chi connectivity index (χ1n) is 9.71. The molecular weight excluding hydrogens is 435 g/mol. The SMILES string of the molecule is COc1ncc(-c2ccc3ncc4ccc(=O)n(-c5cccc(C(F)(F)F)c5)c4c3n2)cn1. The van der Waals surface area contributed by atoms with Crippen molar-refractivity contribution in [3.05, 3.63) is 83.0 Å². The molecule has 0 aliphatic heterocycles. The van der Waals surface area contributed by atoms with Crippen molar-refractivity contribution in [2.75, 3.05) is 7.11 Å². The second-order valence-corrected chi connectivity index (χ2v) is 7.14. The molecule has 0 saturated heterocycles. The summed E-state index contributed by atoms with van der Waals surface area (Å²) in [6.45, 7) is 0. The summed E-state index contributed by atoms with van der Waals surface area (Å²) in [4.78, 5) is 30.1. The number of pyridine rings is 3. The smallest absolute Gasteiger partial charge is 0.416 e. The standard InChI is InChI=1S/C23H14F3N5O2/c1-33-22-28-11-14(12-29-22)17-6-7-18-20(30-17)21-13(10-27-18)5-8-19(32)31(21)16-4-2-3-15(9-16)23(24,25)26/h2-12H,1H3. The van der Waals surface area contributed by atoms with E-state index in [0.29, 0.717) is 33.2 Å². The maximum Gasteiger partial charge on any atom is 0.416 e. The molecule has 0 radical (unpaired) electrons. The second-order valence-electron chi connectivity index (χ2n) is 7.14. The number of rotatable bonds is 3. The number of halogens is 3. The number of aromatic nitrogens is 5. The van der Waals surface area contributed by atoms with E-state index < -0.39 is 17.3 Å². The fraction of sp³-hybridized carbons (Fsp3) is 0.0870. The van der Waals surface area contributed by atoms with Crippen LogP contribution in [0.5, 0.6) is 6.01 Å². The first kappa shape index (κ1) is 20.6. The Bertz CT molecular complexity index is 1560. The van der Waals surface area contributed by atoms with E-state index in [-0.39, 0.29) is 11.7 Å². The topological polar surface area (TPSA) is 82.8 Å². The molecule has 0 atom stereocenters. The van der Waals surface area contributed by atoms with Gasteiger partial charge in [0.1, 0.15) is 5.52 Å². The summed E-state index contributed by atoms with van der Waals surface area (Å²) in [7, 11) is 1.45. The van der Waals surface area contributed by atoms with E-state index in [0.717, 1.165) is 12.1 Å². The van der Waals surface area contributed by atoms with Gasteiger partial charge < -0.3 is 4.74 Å². The monoisotopic (exact) mass is 449 g/mol. The number of methoxy groups -OCH3 is 1. The van der Waals surface area contributed by atoms with Crippen LogP contribution in [0, 0.1) is 0 Å². The maximum absolute atomic E-state index is 13.3. The summed E-state index contributed by atoms with van der Waals surface area (Å²) in [6.07, 6.45) is 0.0869. The van der Waals surface area contributed by atoms with Crippen LogP contribution in [-0.4, -0.2) is 31.6 Å². The first-order chi connectivity index (χ1) is 15.8. The Hall–Kier alpha value is -4.34. The van der Waals surface area contributed by atoms with Gasteiger partial charge >= 0.3 is 12.2 Å². The van der Waals surface area contributed by atoms with Gasteiger partial charge in [-0.3, -0.25) is 14.3 Å². The molecular formula is C23H14F3N5O2. The number of hydrogen-bond donors (Lipinski definition) is 0. The van der Waals surface area contributed by atoms with Crippen molar-refractivity contribution in [3.8, 4) is 23.0 Å². The number of hydrogen-bond acceptors (Lipinski definition) is 6. The number of fused-ring (bicyclic) bond motifs is 3. The third kappa shape index (κ3) is 3.65. The molecule has 164 valence electrons. The van der Waals surface area contributed by atoms with Crippen molar-refractivity contribution < 1.29 is 17.9 Å². The van der Waals surface area contributed by atoms with Crippen LogP contribution in [0.1, 0.15) is 5.56 Å². The van der Waals surface area contributed by atoms with Crippen molar-refractivity contribution in [1.29, 1.82) is 0 Å². The minimum atomic E-state index is -4.55. The van der Waals surface area contributed by atoms with E-state index in [4.69, 9.17) is 4.74 Å². The Morgan fingerprint density at radius 2 is 1.73 bits per heavy atom. The lowest BCUT2D eigenvalue weighted by atomic mass is 10.1. The van der Waals surface area contributed by atoms with Crippen LogP contribution in [0.15, 0.2) is 71.9 Å². The Balaban J connectivity index is 1.80. The van der Waals surface area contributed by atoms with Gasteiger partial charge in [0.05, 0.1) is 29.4 Å². The van der Waals surface area contributed by atoms with E-state index in [1.807, 2.05) is 0 Å². The van der Waals surface area contributed by atoms with Gasteiger partial charge in [0.15, 0.2) is 0 Å². The molecule has 0 spiro atoms. The Labute approximate surface area is 184 Å². The normalized spacial score (nSPS) is 11.8. The molecule has 33 heavy (non-hydrogen) atoms. The predicted octanol–water partition coefficient (Wildman–Crippen LogP) is 4.42. The van der Waals surface area contributed by atoms with Gasteiger partial charge in [-0.1, -0.05) is 6.07 Å². The Morgan fingerprint density at radius 1 is 0.939 bits per heavy atom. The second kappa shape index (κ2) is 7.66. The summed E-state index contributed by atoms with van der Waals surface area (Å²) >= 11 is 0. The van der Waals surface area contributed by atoms with Gasteiger partial charge in [0.2, 0.25) is 0 Å². The van der Waals surface area contributed by atoms with Gasteiger partial charge in [0, 0.05) is 41.3 Å². The molecule has 0 amide bonds. The Kier molecular flexibility index (Phi) is 4.77. The van der Waals surface area contributed by atoms with E-state index >= 15 is 0 Å². The van der Waals surface area contributed by atoms with Gasteiger partial charge in [-0.15, -0.1) is 0 Å². The van der Waals surface area contributed by atoms with E-state index in [1.54, 1.807) is 36.8 Å². The molecule has 0 saturated carbocycles. The summed E-state index contributed by atoms with van der Waals surface area (Å²) < 4.78 is 46.1. The van der Waals surface area contributed by atoms with Crippen molar-refractivity contribution in [2.24, 2.45) is 0 Å². The van der Waals surface area contributed by atoms with Crippen molar-refractivity contribution in [1.82, 2.24) is 24.5 Å². The van der Waals surface area contributed by atoms with Crippen LogP contribution in [0.2, 0.25) is 0 Å². The minimum absolute atomic E-state index is 0.0768. The highest BCUT2D eigenvalue weighted by Crippen LogP contribution is 2.31. The van der Waals surface area contributed by atoms with Crippen LogP contribution in [0.25, 0.3) is 38.9 Å². The third-order valence-electron chi connectivity index (χ3n) is 5.10. The van der Waals surface area contributed by atoms with Crippen molar-refractivity contribution in [3.63, 3.8) is 0 Å². The molecule has 10 heteroatoms. The van der Waals surface area contributed by atoms with Gasteiger partial charge in [-0.05, 0) is 36.4 Å². The number of ether oxygens (including phenoxy) is 1. The zero-order valence-electron chi connectivity index (χ0n) is 17.0. The quantitative estimate of drug-likeness (QED) is 0.379. The number of alkyl halides is 3. The minimum Gasteiger partial charge on any atom is -0.467 e. The van der Waals surface area contributed by atoms with Crippen LogP contribution < -0.4 is 10.3 Å². The van der Waals surface area contributed by atoms with E-state index in [9.17, 15) is 18.0 Å². The molecule has 0 fully saturated rings. The molecule has 0 bridgehead atoms. The van der Waals surface area contributed by atoms with Crippen LogP contribution in [0.3, 0.4) is 0 Å². The summed E-state index contributed by atoms with van der Waals surface area (Å²) in [5.74, 6) is 0. The van der Waals surface area contributed by atoms with Gasteiger partial charge in [-0.2, -0.15) is 13.2 Å². The molecule has 7 nitrogen and oxygen atoms in total. The molecule has 0 unspecified atom stereocenters. The number of nitrogens with zero attached hydrogens (tertiary/aromatic N) is 5. The fourth-order valence-corrected chi connectivity index (χ4v) is 3.56. The molecule has 4 heterocycles. The first-order valence-corrected chi connectivity index (χ1v) is 9.71. The third-order valence-corrected chi connectivity index (χ3v) is 5.10. The van der Waals surface area contributed by atoms with Crippen LogP contribution in [-0.2, 0) is 6.18 Å². The highest BCUT2D eigenvalue weighted by Gasteiger charge is 2.30. The summed E-state index contributed by atoms with van der Waals surface area (Å²) in [6, 6.07) is 11.1. The Morgan fingerprint density at radius 3 is 2.45 bits per heavy atom. The molecule has 5 aromatic rings. The predicted molar refractivity (Wildman–Crippen MR) is 115 cm³/mol. The zero-order valence-corrected chi connectivity index (χ0v) is 17.0. The molecule has 0 aliphatic carbocycles. The lowest BCUT2D eigenvalue weighted by molar-refractivity contribution is -0.137. The molecule has 4 aromatic heterocycles. The fourth-order valence-electron chi connectivity index (χ4n) is 3.56. The average Bonchev–Trinajstić information content (AvgIpc) is 2.83. The van der Waals surface area contributed by atoms with Crippen LogP contribution in [0.4, 0.5) is 13.2 Å². The summed E-state index contributed by atoms with van der Waals surface area (Å²) in [5, 5.41) is 0.551. The highest BCUT2D eigenvalue weighted by atomic mass is 19.4. The average molecular weight is 449 g/mol. The molecule has 0 N–H and O–H groups in total. The lowest BCUT2D eigenvalue weighted by Crippen LogP contribution is -2.18. The zero-order chi connectivity index (χ0) is 23.2. The molecule has 5 rings (SSSR count). The summed E-state index contributed by atoms with van der Waals surface area (Å²) in [5.41, 5.74) is 1.02. The number of benzene rings is 1. The van der Waals surface area contributed by atoms with E-state index in [1.165, 1.54) is 29.9 Å². The largest absolute Gasteiger partial charge is 0.467 e. The molecule has 1 aromatic carbocycles.